The van der Waals surface area contributed by atoms with E-state index in [1.165, 1.54) is 35.3 Å². The molecule has 1 amide bonds. The van der Waals surface area contributed by atoms with Crippen LogP contribution in [0.1, 0.15) is 16.4 Å². The molecule has 0 unspecified atom stereocenters. The van der Waals surface area contributed by atoms with Crippen LogP contribution in [0.25, 0.3) is 11.3 Å². The SMILES string of the molecule is O=C(c1cn[nH]c1)N1CC(n2nc(-c3cccc(F)c3)ccc2=O)C1. The van der Waals surface area contributed by atoms with E-state index in [4.69, 9.17) is 0 Å². The summed E-state index contributed by atoms with van der Waals surface area (Å²) in [5, 5.41) is 10.7. The Morgan fingerprint density at radius 3 is 2.80 bits per heavy atom. The van der Waals surface area contributed by atoms with Crippen molar-refractivity contribution in [1.82, 2.24) is 24.9 Å². The molecular weight excluding hydrogens is 325 g/mol. The van der Waals surface area contributed by atoms with Crippen molar-refractivity contribution >= 4 is 5.91 Å². The van der Waals surface area contributed by atoms with Gasteiger partial charge in [0.15, 0.2) is 0 Å². The molecular formula is C17H14FN5O2. The molecule has 1 fully saturated rings. The second-order valence-electron chi connectivity index (χ2n) is 5.86. The van der Waals surface area contributed by atoms with Crippen molar-refractivity contribution in [3.05, 3.63) is 70.5 Å². The van der Waals surface area contributed by atoms with E-state index >= 15 is 0 Å². The molecule has 1 aliphatic heterocycles. The van der Waals surface area contributed by atoms with Gasteiger partial charge in [0.1, 0.15) is 5.82 Å². The summed E-state index contributed by atoms with van der Waals surface area (Å²) in [6.45, 7) is 0.785. The van der Waals surface area contributed by atoms with Gasteiger partial charge in [-0.25, -0.2) is 9.07 Å². The zero-order valence-corrected chi connectivity index (χ0v) is 13.1. The van der Waals surface area contributed by atoms with Crippen molar-refractivity contribution in [3.63, 3.8) is 0 Å². The minimum Gasteiger partial charge on any atom is -0.334 e. The molecule has 25 heavy (non-hydrogen) atoms. The van der Waals surface area contributed by atoms with E-state index in [-0.39, 0.29) is 23.3 Å². The Morgan fingerprint density at radius 1 is 1.24 bits per heavy atom. The number of carbonyl (C=O) groups excluding carboxylic acids is 1. The fourth-order valence-electron chi connectivity index (χ4n) is 2.81. The van der Waals surface area contributed by atoms with Crippen LogP contribution in [0.5, 0.6) is 0 Å². The molecule has 1 aliphatic rings. The molecule has 126 valence electrons. The normalized spacial score (nSPS) is 14.4. The topological polar surface area (TPSA) is 83.9 Å². The van der Waals surface area contributed by atoms with Gasteiger partial charge >= 0.3 is 0 Å². The number of H-pyrrole nitrogens is 1. The van der Waals surface area contributed by atoms with Gasteiger partial charge < -0.3 is 4.90 Å². The average Bonchev–Trinajstić information content (AvgIpc) is 3.09. The highest BCUT2D eigenvalue weighted by atomic mass is 19.1. The Hall–Kier alpha value is -3.29. The predicted molar refractivity (Wildman–Crippen MR) is 87.4 cm³/mol. The van der Waals surface area contributed by atoms with E-state index in [0.717, 1.165) is 0 Å². The number of nitrogens with zero attached hydrogens (tertiary/aromatic N) is 4. The summed E-state index contributed by atoms with van der Waals surface area (Å²) in [5.74, 6) is -0.503. The number of halogens is 1. The number of nitrogens with one attached hydrogen (secondary N) is 1. The summed E-state index contributed by atoms with van der Waals surface area (Å²) in [6, 6.07) is 8.83. The molecule has 0 spiro atoms. The molecule has 1 saturated heterocycles. The fourth-order valence-corrected chi connectivity index (χ4v) is 2.81. The van der Waals surface area contributed by atoms with Crippen LogP contribution in [0.15, 0.2) is 53.6 Å². The number of hydrogen-bond acceptors (Lipinski definition) is 4. The lowest BCUT2D eigenvalue weighted by Gasteiger charge is -2.39. The van der Waals surface area contributed by atoms with Crippen molar-refractivity contribution in [1.29, 1.82) is 0 Å². The number of hydrogen-bond donors (Lipinski definition) is 1. The van der Waals surface area contributed by atoms with Crippen molar-refractivity contribution in [2.24, 2.45) is 0 Å². The Balaban J connectivity index is 1.55. The minimum atomic E-state index is -0.363. The van der Waals surface area contributed by atoms with Crippen LogP contribution >= 0.6 is 0 Å². The van der Waals surface area contributed by atoms with Crippen LogP contribution in [0.3, 0.4) is 0 Å². The number of amides is 1. The molecule has 4 rings (SSSR count). The summed E-state index contributed by atoms with van der Waals surface area (Å²) >= 11 is 0. The molecule has 0 saturated carbocycles. The zero-order chi connectivity index (χ0) is 17.4. The minimum absolute atomic E-state index is 0.140. The smallest absolute Gasteiger partial charge is 0.267 e. The summed E-state index contributed by atoms with van der Waals surface area (Å²) in [6.07, 6.45) is 3.00. The van der Waals surface area contributed by atoms with Gasteiger partial charge in [-0.1, -0.05) is 12.1 Å². The Bertz CT molecular complexity index is 977. The first-order chi connectivity index (χ1) is 12.1. The third-order valence-corrected chi connectivity index (χ3v) is 4.19. The van der Waals surface area contributed by atoms with Crippen LogP contribution in [-0.4, -0.2) is 43.9 Å². The Kier molecular flexibility index (Phi) is 3.64. The number of aromatic nitrogens is 4. The van der Waals surface area contributed by atoms with E-state index in [2.05, 4.69) is 15.3 Å². The molecule has 0 atom stereocenters. The first kappa shape index (κ1) is 15.3. The fraction of sp³-hybridized carbons (Fsp3) is 0.176. The third kappa shape index (κ3) is 2.82. The van der Waals surface area contributed by atoms with Gasteiger partial charge in [-0.15, -0.1) is 0 Å². The molecule has 7 nitrogen and oxygen atoms in total. The lowest BCUT2D eigenvalue weighted by Crippen LogP contribution is -2.53. The lowest BCUT2D eigenvalue weighted by atomic mass is 10.1. The van der Waals surface area contributed by atoms with E-state index in [9.17, 15) is 14.0 Å². The Labute approximate surface area is 141 Å². The van der Waals surface area contributed by atoms with Gasteiger partial charge in [0.25, 0.3) is 11.5 Å². The van der Waals surface area contributed by atoms with Gasteiger partial charge in [-0.05, 0) is 18.2 Å². The van der Waals surface area contributed by atoms with Crippen molar-refractivity contribution in [3.8, 4) is 11.3 Å². The lowest BCUT2D eigenvalue weighted by molar-refractivity contribution is 0.0493. The number of rotatable bonds is 3. The molecule has 0 aliphatic carbocycles. The van der Waals surface area contributed by atoms with Gasteiger partial charge in [0.2, 0.25) is 0 Å². The molecule has 1 N–H and O–H groups in total. The predicted octanol–water partition coefficient (Wildman–Crippen LogP) is 1.47. The summed E-state index contributed by atoms with van der Waals surface area (Å²) in [4.78, 5) is 25.9. The van der Waals surface area contributed by atoms with Crippen LogP contribution in [-0.2, 0) is 0 Å². The molecule has 1 aromatic carbocycles. The largest absolute Gasteiger partial charge is 0.334 e. The molecule has 3 aromatic rings. The monoisotopic (exact) mass is 339 g/mol. The standard InChI is InChI=1S/C17H14FN5O2/c18-13-3-1-2-11(6-13)15-4-5-16(24)23(21-15)14-9-22(10-14)17(25)12-7-19-20-8-12/h1-8,14H,9-10H2,(H,19,20). The summed E-state index contributed by atoms with van der Waals surface area (Å²) in [5.41, 5.74) is 1.34. The van der Waals surface area contributed by atoms with E-state index < -0.39 is 0 Å². The maximum Gasteiger partial charge on any atom is 0.267 e. The van der Waals surface area contributed by atoms with Crippen LogP contribution in [0.2, 0.25) is 0 Å². The highest BCUT2D eigenvalue weighted by Crippen LogP contribution is 2.23. The maximum atomic E-state index is 13.4. The average molecular weight is 339 g/mol. The summed E-state index contributed by atoms with van der Waals surface area (Å²) < 4.78 is 14.8. The third-order valence-electron chi connectivity index (χ3n) is 4.19. The second-order valence-corrected chi connectivity index (χ2v) is 5.86. The van der Waals surface area contributed by atoms with Gasteiger partial charge in [0.05, 0.1) is 23.5 Å². The van der Waals surface area contributed by atoms with Crippen molar-refractivity contribution in [2.45, 2.75) is 6.04 Å². The molecule has 0 radical (unpaired) electrons. The Morgan fingerprint density at radius 2 is 2.08 bits per heavy atom. The molecule has 8 heteroatoms. The summed E-state index contributed by atoms with van der Waals surface area (Å²) in [7, 11) is 0. The van der Waals surface area contributed by atoms with E-state index in [0.29, 0.717) is 29.9 Å². The van der Waals surface area contributed by atoms with Crippen LogP contribution in [0.4, 0.5) is 4.39 Å². The van der Waals surface area contributed by atoms with Gasteiger partial charge in [-0.2, -0.15) is 10.2 Å². The first-order valence-corrected chi connectivity index (χ1v) is 7.76. The number of likely N-dealkylation sites (tertiary alicyclic amines) is 1. The first-order valence-electron chi connectivity index (χ1n) is 7.76. The van der Waals surface area contributed by atoms with E-state index in [1.807, 2.05) is 0 Å². The van der Waals surface area contributed by atoms with Crippen molar-refractivity contribution < 1.29 is 9.18 Å². The van der Waals surface area contributed by atoms with Gasteiger partial charge in [0, 0.05) is 30.9 Å². The molecule has 2 aromatic heterocycles. The number of aromatic amines is 1. The molecule has 3 heterocycles. The number of carbonyl (C=O) groups is 1. The number of benzene rings is 1. The second kappa shape index (κ2) is 5.97. The maximum absolute atomic E-state index is 13.4. The highest BCUT2D eigenvalue weighted by Gasteiger charge is 2.34. The molecule has 0 bridgehead atoms. The van der Waals surface area contributed by atoms with Crippen LogP contribution < -0.4 is 5.56 Å². The van der Waals surface area contributed by atoms with E-state index in [1.54, 1.807) is 23.1 Å². The zero-order valence-electron chi connectivity index (χ0n) is 13.1. The quantitative estimate of drug-likeness (QED) is 0.783. The van der Waals surface area contributed by atoms with Crippen molar-refractivity contribution in [2.75, 3.05) is 13.1 Å². The van der Waals surface area contributed by atoms with Gasteiger partial charge in [-0.3, -0.25) is 14.7 Å². The highest BCUT2D eigenvalue weighted by molar-refractivity contribution is 5.94. The van der Waals surface area contributed by atoms with Crippen LogP contribution in [0, 0.1) is 5.82 Å².